The standard InChI is InChI=1S/C29H32N2O5S/c1-6-18(2)21-7-9-23(10-8-21)31-28(22-15-19(3)27(20(4)16-22)36-14-13-32)30-26-17-24(37(5,34)35)11-12-25(26)29(31)33/h7-12,15-18,32H,6,13-14H2,1-5H3. The average molecular weight is 521 g/mol. The molecule has 3 aromatic carbocycles. The van der Waals surface area contributed by atoms with Gasteiger partial charge in [-0.2, -0.15) is 0 Å². The van der Waals surface area contributed by atoms with E-state index in [4.69, 9.17) is 14.8 Å². The lowest BCUT2D eigenvalue weighted by Gasteiger charge is -2.18. The van der Waals surface area contributed by atoms with E-state index in [1.54, 1.807) is 4.57 Å². The number of sulfone groups is 1. The molecule has 0 amide bonds. The summed E-state index contributed by atoms with van der Waals surface area (Å²) in [6.07, 6.45) is 2.14. The van der Waals surface area contributed by atoms with E-state index in [1.807, 2.05) is 50.2 Å². The van der Waals surface area contributed by atoms with Crippen LogP contribution in [-0.4, -0.2) is 42.5 Å². The number of rotatable bonds is 8. The van der Waals surface area contributed by atoms with Gasteiger partial charge in [0, 0.05) is 11.8 Å². The van der Waals surface area contributed by atoms with Crippen LogP contribution in [0.4, 0.5) is 0 Å². The SMILES string of the molecule is CCC(C)c1ccc(-n2c(-c3cc(C)c(OCCO)c(C)c3)nc3cc(S(C)(=O)=O)ccc3c2=O)cc1. The van der Waals surface area contributed by atoms with Gasteiger partial charge in [0.15, 0.2) is 9.84 Å². The van der Waals surface area contributed by atoms with Crippen molar-refractivity contribution in [2.75, 3.05) is 19.5 Å². The van der Waals surface area contributed by atoms with Gasteiger partial charge in [-0.05, 0) is 85.3 Å². The highest BCUT2D eigenvalue weighted by molar-refractivity contribution is 7.90. The van der Waals surface area contributed by atoms with E-state index in [1.165, 1.54) is 23.8 Å². The number of aliphatic hydroxyl groups is 1. The maximum absolute atomic E-state index is 13.9. The summed E-state index contributed by atoms with van der Waals surface area (Å²) in [6, 6.07) is 16.1. The first-order valence-corrected chi connectivity index (χ1v) is 14.2. The third-order valence-corrected chi connectivity index (χ3v) is 7.77. The van der Waals surface area contributed by atoms with Crippen molar-refractivity contribution in [1.82, 2.24) is 9.55 Å². The summed E-state index contributed by atoms with van der Waals surface area (Å²) in [5.74, 6) is 1.47. The smallest absolute Gasteiger partial charge is 0.266 e. The Labute approximate surface area is 217 Å². The van der Waals surface area contributed by atoms with Gasteiger partial charge < -0.3 is 9.84 Å². The zero-order chi connectivity index (χ0) is 26.9. The van der Waals surface area contributed by atoms with Crippen molar-refractivity contribution in [1.29, 1.82) is 0 Å². The predicted octanol–water partition coefficient (Wildman–Crippen LogP) is 4.96. The molecule has 37 heavy (non-hydrogen) atoms. The maximum atomic E-state index is 13.9. The molecule has 8 heteroatoms. The summed E-state index contributed by atoms with van der Waals surface area (Å²) in [4.78, 5) is 18.8. The lowest BCUT2D eigenvalue weighted by molar-refractivity contribution is 0.200. The van der Waals surface area contributed by atoms with Gasteiger partial charge in [-0.3, -0.25) is 9.36 Å². The number of hydrogen-bond acceptors (Lipinski definition) is 6. The highest BCUT2D eigenvalue weighted by Gasteiger charge is 2.19. The van der Waals surface area contributed by atoms with Crippen LogP contribution in [-0.2, 0) is 9.84 Å². The third-order valence-electron chi connectivity index (χ3n) is 6.66. The van der Waals surface area contributed by atoms with Crippen LogP contribution >= 0.6 is 0 Å². The van der Waals surface area contributed by atoms with E-state index in [9.17, 15) is 13.2 Å². The fourth-order valence-electron chi connectivity index (χ4n) is 4.47. The summed E-state index contributed by atoms with van der Waals surface area (Å²) in [5.41, 5.74) is 4.25. The Kier molecular flexibility index (Phi) is 7.52. The van der Waals surface area contributed by atoms with Gasteiger partial charge in [0.25, 0.3) is 5.56 Å². The first-order valence-electron chi connectivity index (χ1n) is 12.3. The zero-order valence-electron chi connectivity index (χ0n) is 21.8. The first-order chi connectivity index (χ1) is 17.5. The molecule has 4 aromatic rings. The summed E-state index contributed by atoms with van der Waals surface area (Å²) in [5, 5.41) is 9.50. The first kappa shape index (κ1) is 26.6. The van der Waals surface area contributed by atoms with Gasteiger partial charge in [-0.1, -0.05) is 26.0 Å². The molecule has 0 aliphatic rings. The quantitative estimate of drug-likeness (QED) is 0.353. The second-order valence-corrected chi connectivity index (χ2v) is 11.5. The summed E-state index contributed by atoms with van der Waals surface area (Å²) >= 11 is 0. The Morgan fingerprint density at radius 2 is 1.68 bits per heavy atom. The molecule has 0 fully saturated rings. The molecule has 0 bridgehead atoms. The summed E-state index contributed by atoms with van der Waals surface area (Å²) < 4.78 is 31.7. The van der Waals surface area contributed by atoms with Crippen LogP contribution in [0.15, 0.2) is 64.3 Å². The van der Waals surface area contributed by atoms with Crippen molar-refractivity contribution in [2.45, 2.75) is 44.9 Å². The Balaban J connectivity index is 2.01. The Hall–Kier alpha value is -3.49. The molecule has 7 nitrogen and oxygen atoms in total. The fraction of sp³-hybridized carbons (Fsp3) is 0.310. The zero-order valence-corrected chi connectivity index (χ0v) is 22.6. The molecule has 1 N–H and O–H groups in total. The average Bonchev–Trinajstić information content (AvgIpc) is 2.87. The Morgan fingerprint density at radius 3 is 2.24 bits per heavy atom. The molecular weight excluding hydrogens is 488 g/mol. The Bertz CT molecular complexity index is 1600. The van der Waals surface area contributed by atoms with Gasteiger partial charge in [0.2, 0.25) is 0 Å². The van der Waals surface area contributed by atoms with E-state index in [0.29, 0.717) is 39.6 Å². The largest absolute Gasteiger partial charge is 0.491 e. The number of ether oxygens (including phenoxy) is 1. The van der Waals surface area contributed by atoms with E-state index in [-0.39, 0.29) is 23.7 Å². The molecule has 0 spiro atoms. The van der Waals surface area contributed by atoms with Crippen LogP contribution in [0.3, 0.4) is 0 Å². The topological polar surface area (TPSA) is 98.5 Å². The van der Waals surface area contributed by atoms with Crippen molar-refractivity contribution in [2.24, 2.45) is 0 Å². The van der Waals surface area contributed by atoms with E-state index < -0.39 is 9.84 Å². The minimum atomic E-state index is -3.48. The molecule has 1 atom stereocenters. The van der Waals surface area contributed by atoms with Crippen LogP contribution in [0.1, 0.15) is 42.9 Å². The van der Waals surface area contributed by atoms with E-state index in [2.05, 4.69) is 13.8 Å². The van der Waals surface area contributed by atoms with Gasteiger partial charge in [-0.15, -0.1) is 0 Å². The number of nitrogens with zero attached hydrogens (tertiary/aromatic N) is 2. The Morgan fingerprint density at radius 1 is 1.03 bits per heavy atom. The van der Waals surface area contributed by atoms with Gasteiger partial charge in [-0.25, -0.2) is 13.4 Å². The van der Waals surface area contributed by atoms with Crippen LogP contribution < -0.4 is 10.3 Å². The normalized spacial score (nSPS) is 12.6. The summed E-state index contributed by atoms with van der Waals surface area (Å²) in [6.45, 7) is 8.18. The van der Waals surface area contributed by atoms with Crippen molar-refractivity contribution in [3.63, 3.8) is 0 Å². The number of hydrogen-bond donors (Lipinski definition) is 1. The number of aryl methyl sites for hydroxylation is 2. The molecule has 1 aromatic heterocycles. The highest BCUT2D eigenvalue weighted by atomic mass is 32.2. The molecule has 0 aliphatic heterocycles. The van der Waals surface area contributed by atoms with Crippen LogP contribution in [0, 0.1) is 13.8 Å². The number of aromatic nitrogens is 2. The van der Waals surface area contributed by atoms with Crippen molar-refractivity contribution < 1.29 is 18.3 Å². The molecule has 1 heterocycles. The lowest BCUT2D eigenvalue weighted by Crippen LogP contribution is -2.22. The number of aliphatic hydroxyl groups excluding tert-OH is 1. The minimum absolute atomic E-state index is 0.0955. The predicted molar refractivity (Wildman–Crippen MR) is 147 cm³/mol. The van der Waals surface area contributed by atoms with Crippen molar-refractivity contribution in [3.8, 4) is 22.8 Å². The van der Waals surface area contributed by atoms with Crippen LogP contribution in [0.5, 0.6) is 5.75 Å². The van der Waals surface area contributed by atoms with Crippen LogP contribution in [0.2, 0.25) is 0 Å². The minimum Gasteiger partial charge on any atom is -0.491 e. The van der Waals surface area contributed by atoms with Crippen LogP contribution in [0.25, 0.3) is 28.0 Å². The molecule has 0 saturated heterocycles. The number of fused-ring (bicyclic) bond motifs is 1. The lowest BCUT2D eigenvalue weighted by atomic mass is 9.98. The van der Waals surface area contributed by atoms with Gasteiger partial charge >= 0.3 is 0 Å². The maximum Gasteiger partial charge on any atom is 0.266 e. The molecule has 1 unspecified atom stereocenters. The van der Waals surface area contributed by atoms with Crippen molar-refractivity contribution >= 4 is 20.7 Å². The molecule has 0 radical (unpaired) electrons. The second kappa shape index (κ2) is 10.5. The highest BCUT2D eigenvalue weighted by Crippen LogP contribution is 2.31. The third kappa shape index (κ3) is 5.31. The van der Waals surface area contributed by atoms with E-state index in [0.717, 1.165) is 23.8 Å². The monoisotopic (exact) mass is 520 g/mol. The fourth-order valence-corrected chi connectivity index (χ4v) is 5.11. The van der Waals surface area contributed by atoms with Crippen molar-refractivity contribution in [3.05, 3.63) is 81.6 Å². The molecule has 0 saturated carbocycles. The molecular formula is C29H32N2O5S. The van der Waals surface area contributed by atoms with E-state index >= 15 is 0 Å². The molecule has 4 rings (SSSR count). The molecule has 0 aliphatic carbocycles. The second-order valence-electron chi connectivity index (χ2n) is 9.44. The van der Waals surface area contributed by atoms with Gasteiger partial charge in [0.1, 0.15) is 18.2 Å². The number of benzene rings is 3. The molecule has 194 valence electrons. The van der Waals surface area contributed by atoms with Gasteiger partial charge in [0.05, 0.1) is 28.1 Å². The summed E-state index contributed by atoms with van der Waals surface area (Å²) in [7, 11) is -3.48.